The Balaban J connectivity index is 2.66. The Bertz CT molecular complexity index is 548. The van der Waals surface area contributed by atoms with Gasteiger partial charge in [-0.25, -0.2) is 4.79 Å². The third-order valence-electron chi connectivity index (χ3n) is 3.43. The molecule has 24 heavy (non-hydrogen) atoms. The van der Waals surface area contributed by atoms with Crippen molar-refractivity contribution in [2.45, 2.75) is 45.9 Å². The average Bonchev–Trinajstić information content (AvgIpc) is 2.54. The standard InChI is InChI=1S/C19H27NO4/c1-6-12-23-15(2)18(22)24-14-17(21)20(19(3,4)5)13-16-10-8-7-9-11-16/h6-11,15H,1,12-14H2,2-5H3. The zero-order chi connectivity index (χ0) is 18.2. The zero-order valence-corrected chi connectivity index (χ0v) is 15.0. The van der Waals surface area contributed by atoms with Gasteiger partial charge in [0.25, 0.3) is 5.91 Å². The second kappa shape index (κ2) is 9.23. The molecule has 0 saturated heterocycles. The van der Waals surface area contributed by atoms with Crippen molar-refractivity contribution in [3.63, 3.8) is 0 Å². The number of carbonyl (C=O) groups is 2. The van der Waals surface area contributed by atoms with Crippen LogP contribution in [0.1, 0.15) is 33.3 Å². The lowest BCUT2D eigenvalue weighted by Gasteiger charge is -2.35. The fourth-order valence-electron chi connectivity index (χ4n) is 2.07. The van der Waals surface area contributed by atoms with Crippen LogP contribution in [-0.4, -0.2) is 41.6 Å². The number of amides is 1. The molecule has 1 amide bonds. The van der Waals surface area contributed by atoms with E-state index in [4.69, 9.17) is 9.47 Å². The van der Waals surface area contributed by atoms with Gasteiger partial charge in [0.2, 0.25) is 0 Å². The monoisotopic (exact) mass is 333 g/mol. The highest BCUT2D eigenvalue weighted by atomic mass is 16.6. The number of esters is 1. The van der Waals surface area contributed by atoms with Gasteiger partial charge in [-0.15, -0.1) is 6.58 Å². The summed E-state index contributed by atoms with van der Waals surface area (Å²) in [7, 11) is 0. The van der Waals surface area contributed by atoms with Crippen LogP contribution in [0.4, 0.5) is 0 Å². The predicted molar refractivity (Wildman–Crippen MR) is 93.3 cm³/mol. The Hall–Kier alpha value is -2.14. The van der Waals surface area contributed by atoms with Gasteiger partial charge in [0.1, 0.15) is 0 Å². The summed E-state index contributed by atoms with van der Waals surface area (Å²) in [5, 5.41) is 0. The Morgan fingerprint density at radius 3 is 2.42 bits per heavy atom. The van der Waals surface area contributed by atoms with Crippen LogP contribution in [0.15, 0.2) is 43.0 Å². The zero-order valence-electron chi connectivity index (χ0n) is 15.0. The fraction of sp³-hybridized carbons (Fsp3) is 0.474. The second-order valence-electron chi connectivity index (χ2n) is 6.51. The van der Waals surface area contributed by atoms with Gasteiger partial charge in [-0.1, -0.05) is 36.4 Å². The van der Waals surface area contributed by atoms with Crippen LogP contribution in [0.3, 0.4) is 0 Å². The van der Waals surface area contributed by atoms with Gasteiger partial charge in [0.05, 0.1) is 6.61 Å². The smallest absolute Gasteiger partial charge is 0.335 e. The molecule has 0 N–H and O–H groups in total. The summed E-state index contributed by atoms with van der Waals surface area (Å²) in [4.78, 5) is 26.1. The van der Waals surface area contributed by atoms with Gasteiger partial charge in [0, 0.05) is 12.1 Å². The minimum Gasteiger partial charge on any atom is -0.454 e. The normalized spacial score (nSPS) is 12.3. The molecule has 1 aromatic carbocycles. The predicted octanol–water partition coefficient (Wildman–Crippen LogP) is 2.95. The fourth-order valence-corrected chi connectivity index (χ4v) is 2.07. The Morgan fingerprint density at radius 2 is 1.88 bits per heavy atom. The number of nitrogens with zero attached hydrogens (tertiary/aromatic N) is 1. The molecular formula is C19H27NO4. The Morgan fingerprint density at radius 1 is 1.25 bits per heavy atom. The van der Waals surface area contributed by atoms with E-state index >= 15 is 0 Å². The molecule has 1 rings (SSSR count). The third-order valence-corrected chi connectivity index (χ3v) is 3.43. The van der Waals surface area contributed by atoms with Crippen molar-refractivity contribution in [1.29, 1.82) is 0 Å². The van der Waals surface area contributed by atoms with Crippen LogP contribution in [0.25, 0.3) is 0 Å². The van der Waals surface area contributed by atoms with Gasteiger partial charge < -0.3 is 14.4 Å². The molecule has 0 fully saturated rings. The number of carbonyl (C=O) groups excluding carboxylic acids is 2. The van der Waals surface area contributed by atoms with E-state index in [0.29, 0.717) is 6.54 Å². The van der Waals surface area contributed by atoms with Crippen LogP contribution < -0.4 is 0 Å². The lowest BCUT2D eigenvalue weighted by Crippen LogP contribution is -2.47. The summed E-state index contributed by atoms with van der Waals surface area (Å²) in [5.74, 6) is -0.797. The number of hydrogen-bond acceptors (Lipinski definition) is 4. The molecule has 1 aromatic rings. The molecule has 132 valence electrons. The van der Waals surface area contributed by atoms with Crippen molar-refractivity contribution in [3.05, 3.63) is 48.6 Å². The van der Waals surface area contributed by atoms with Crippen molar-refractivity contribution >= 4 is 11.9 Å². The van der Waals surface area contributed by atoms with Gasteiger partial charge in [-0.05, 0) is 33.3 Å². The summed E-state index contributed by atoms with van der Waals surface area (Å²) >= 11 is 0. The second-order valence-corrected chi connectivity index (χ2v) is 6.51. The molecule has 0 bridgehead atoms. The van der Waals surface area contributed by atoms with Crippen LogP contribution in [0.2, 0.25) is 0 Å². The highest BCUT2D eigenvalue weighted by Gasteiger charge is 2.28. The van der Waals surface area contributed by atoms with Crippen molar-refractivity contribution in [2.75, 3.05) is 13.2 Å². The Kier molecular flexibility index (Phi) is 7.65. The summed E-state index contributed by atoms with van der Waals surface area (Å²) in [6.07, 6.45) is 0.823. The van der Waals surface area contributed by atoms with E-state index in [1.165, 1.54) is 0 Å². The quantitative estimate of drug-likeness (QED) is 0.542. The van der Waals surface area contributed by atoms with Gasteiger partial charge in [-0.3, -0.25) is 4.79 Å². The highest BCUT2D eigenvalue weighted by molar-refractivity contribution is 5.82. The van der Waals surface area contributed by atoms with E-state index in [-0.39, 0.29) is 24.7 Å². The van der Waals surface area contributed by atoms with Gasteiger partial charge in [-0.2, -0.15) is 0 Å². The molecular weight excluding hydrogens is 306 g/mol. The average molecular weight is 333 g/mol. The Labute approximate surface area is 144 Å². The van der Waals surface area contributed by atoms with E-state index in [1.54, 1.807) is 17.9 Å². The van der Waals surface area contributed by atoms with Crippen LogP contribution in [0, 0.1) is 0 Å². The molecule has 0 radical (unpaired) electrons. The summed E-state index contributed by atoms with van der Waals surface area (Å²) in [5.41, 5.74) is 0.638. The van der Waals surface area contributed by atoms with E-state index < -0.39 is 12.1 Å². The molecule has 5 nitrogen and oxygen atoms in total. The molecule has 0 heterocycles. The van der Waals surface area contributed by atoms with Crippen LogP contribution in [-0.2, 0) is 25.6 Å². The molecule has 1 atom stereocenters. The molecule has 0 aliphatic heterocycles. The summed E-state index contributed by atoms with van der Waals surface area (Å²) < 4.78 is 10.3. The first-order valence-electron chi connectivity index (χ1n) is 7.99. The molecule has 0 saturated carbocycles. The maximum absolute atomic E-state index is 12.5. The first-order valence-corrected chi connectivity index (χ1v) is 7.99. The van der Waals surface area contributed by atoms with Gasteiger partial charge >= 0.3 is 5.97 Å². The lowest BCUT2D eigenvalue weighted by atomic mass is 10.0. The minimum atomic E-state index is -0.729. The molecule has 0 spiro atoms. The number of ether oxygens (including phenoxy) is 2. The topological polar surface area (TPSA) is 55.8 Å². The SMILES string of the molecule is C=CCOC(C)C(=O)OCC(=O)N(Cc1ccccc1)C(C)(C)C. The highest BCUT2D eigenvalue weighted by Crippen LogP contribution is 2.18. The van der Waals surface area contributed by atoms with E-state index in [1.807, 2.05) is 51.1 Å². The number of benzene rings is 1. The van der Waals surface area contributed by atoms with Crippen LogP contribution >= 0.6 is 0 Å². The maximum atomic E-state index is 12.5. The summed E-state index contributed by atoms with van der Waals surface area (Å²) in [6, 6.07) is 9.71. The van der Waals surface area contributed by atoms with E-state index in [9.17, 15) is 9.59 Å². The van der Waals surface area contributed by atoms with E-state index in [0.717, 1.165) is 5.56 Å². The molecule has 0 aliphatic carbocycles. The maximum Gasteiger partial charge on any atom is 0.335 e. The number of rotatable bonds is 8. The van der Waals surface area contributed by atoms with Crippen molar-refractivity contribution in [1.82, 2.24) is 4.90 Å². The third kappa shape index (κ3) is 6.54. The minimum absolute atomic E-state index is 0.240. The first-order chi connectivity index (χ1) is 11.3. The first kappa shape index (κ1) is 19.9. The van der Waals surface area contributed by atoms with Gasteiger partial charge in [0.15, 0.2) is 12.7 Å². The van der Waals surface area contributed by atoms with Crippen molar-refractivity contribution < 1.29 is 19.1 Å². The molecule has 1 unspecified atom stereocenters. The lowest BCUT2D eigenvalue weighted by molar-refractivity contribution is -0.162. The van der Waals surface area contributed by atoms with Crippen molar-refractivity contribution in [2.24, 2.45) is 0 Å². The number of hydrogen-bond donors (Lipinski definition) is 0. The van der Waals surface area contributed by atoms with Crippen molar-refractivity contribution in [3.8, 4) is 0 Å². The largest absolute Gasteiger partial charge is 0.454 e. The molecule has 0 aromatic heterocycles. The molecule has 0 aliphatic rings. The summed E-state index contributed by atoms with van der Waals surface area (Å²) in [6.45, 7) is 11.4. The van der Waals surface area contributed by atoms with Crippen LogP contribution in [0.5, 0.6) is 0 Å². The van der Waals surface area contributed by atoms with E-state index in [2.05, 4.69) is 6.58 Å². The molecule has 5 heteroatoms.